The highest BCUT2D eigenvalue weighted by Crippen LogP contribution is 2.33. The Morgan fingerprint density at radius 2 is 1.80 bits per heavy atom. The molecular weight excluding hydrogens is 244 g/mol. The zero-order valence-electron chi connectivity index (χ0n) is 12.0. The lowest BCUT2D eigenvalue weighted by atomic mass is 9.98. The Balaban J connectivity index is 1.83. The normalized spacial score (nSPS) is 18.9. The fourth-order valence-corrected chi connectivity index (χ4v) is 3.19. The van der Waals surface area contributed by atoms with E-state index in [1.165, 1.54) is 16.8 Å². The van der Waals surface area contributed by atoms with Crippen LogP contribution in [0, 0.1) is 0 Å². The summed E-state index contributed by atoms with van der Waals surface area (Å²) in [5.41, 5.74) is 10.2. The summed E-state index contributed by atoms with van der Waals surface area (Å²) in [4.78, 5) is 2.51. The van der Waals surface area contributed by atoms with Gasteiger partial charge in [-0.25, -0.2) is 0 Å². The van der Waals surface area contributed by atoms with Gasteiger partial charge in [-0.05, 0) is 30.5 Å². The Kier molecular flexibility index (Phi) is 3.75. The second-order valence-electron chi connectivity index (χ2n) is 5.68. The van der Waals surface area contributed by atoms with Crippen molar-refractivity contribution in [3.8, 4) is 0 Å². The zero-order valence-corrected chi connectivity index (χ0v) is 12.0. The minimum absolute atomic E-state index is 0.393. The molecule has 1 aliphatic heterocycles. The average Bonchev–Trinajstić information content (AvgIpc) is 2.81. The van der Waals surface area contributed by atoms with E-state index in [1.807, 2.05) is 0 Å². The number of para-hydroxylation sites is 1. The molecule has 0 spiro atoms. The molecule has 2 atom stereocenters. The minimum atomic E-state index is 0.393. The van der Waals surface area contributed by atoms with Gasteiger partial charge in [0.1, 0.15) is 0 Å². The minimum Gasteiger partial charge on any atom is -0.368 e. The lowest BCUT2D eigenvalue weighted by Gasteiger charge is -2.29. The molecule has 0 saturated carbocycles. The molecule has 2 aromatic carbocycles. The predicted molar refractivity (Wildman–Crippen MR) is 85.2 cm³/mol. The highest BCUT2D eigenvalue weighted by atomic mass is 15.2. The fourth-order valence-electron chi connectivity index (χ4n) is 3.19. The number of nitrogens with zero attached hydrogens (tertiary/aromatic N) is 1. The van der Waals surface area contributed by atoms with Crippen molar-refractivity contribution in [3.63, 3.8) is 0 Å². The molecule has 104 valence electrons. The van der Waals surface area contributed by atoms with Crippen molar-refractivity contribution >= 4 is 5.69 Å². The molecule has 0 aromatic heterocycles. The monoisotopic (exact) mass is 266 g/mol. The van der Waals surface area contributed by atoms with Crippen LogP contribution in [-0.4, -0.2) is 19.1 Å². The number of nitrogens with two attached hydrogens (primary N) is 1. The first-order valence-corrected chi connectivity index (χ1v) is 7.39. The van der Waals surface area contributed by atoms with Crippen molar-refractivity contribution in [2.75, 3.05) is 18.0 Å². The van der Waals surface area contributed by atoms with E-state index in [4.69, 9.17) is 5.73 Å². The average molecular weight is 266 g/mol. The number of anilines is 1. The summed E-state index contributed by atoms with van der Waals surface area (Å²) in [5, 5.41) is 0. The van der Waals surface area contributed by atoms with E-state index in [0.717, 1.165) is 13.0 Å². The van der Waals surface area contributed by atoms with Crippen LogP contribution in [0.4, 0.5) is 5.69 Å². The molecule has 2 nitrogen and oxygen atoms in total. The lowest BCUT2D eigenvalue weighted by Crippen LogP contribution is -2.35. The smallest absolute Gasteiger partial charge is 0.0402 e. The van der Waals surface area contributed by atoms with E-state index in [2.05, 4.69) is 66.4 Å². The van der Waals surface area contributed by atoms with E-state index in [-0.39, 0.29) is 0 Å². The third-order valence-corrected chi connectivity index (χ3v) is 4.32. The molecule has 20 heavy (non-hydrogen) atoms. The summed E-state index contributed by atoms with van der Waals surface area (Å²) < 4.78 is 0. The first-order chi connectivity index (χ1) is 9.79. The van der Waals surface area contributed by atoms with Gasteiger partial charge in [0, 0.05) is 30.7 Å². The molecule has 0 aliphatic carbocycles. The third kappa shape index (κ3) is 2.44. The van der Waals surface area contributed by atoms with Gasteiger partial charge in [-0.3, -0.25) is 0 Å². The van der Waals surface area contributed by atoms with E-state index in [0.29, 0.717) is 18.5 Å². The second kappa shape index (κ2) is 5.68. The van der Waals surface area contributed by atoms with Gasteiger partial charge in [0.25, 0.3) is 0 Å². The van der Waals surface area contributed by atoms with Gasteiger partial charge in [-0.2, -0.15) is 0 Å². The first kappa shape index (κ1) is 13.2. The Morgan fingerprint density at radius 3 is 2.55 bits per heavy atom. The summed E-state index contributed by atoms with van der Waals surface area (Å²) >= 11 is 0. The largest absolute Gasteiger partial charge is 0.368 e. The molecule has 2 heteroatoms. The molecule has 2 unspecified atom stereocenters. The van der Waals surface area contributed by atoms with Gasteiger partial charge >= 0.3 is 0 Å². The predicted octanol–water partition coefficient (Wildman–Crippen LogP) is 3.18. The van der Waals surface area contributed by atoms with Crippen LogP contribution in [0.5, 0.6) is 0 Å². The Bertz CT molecular complexity index is 565. The van der Waals surface area contributed by atoms with Gasteiger partial charge in [0.15, 0.2) is 0 Å². The summed E-state index contributed by atoms with van der Waals surface area (Å²) in [6.45, 7) is 3.99. The quantitative estimate of drug-likeness (QED) is 0.921. The Labute approximate surface area is 121 Å². The molecule has 2 N–H and O–H groups in total. The zero-order chi connectivity index (χ0) is 13.9. The van der Waals surface area contributed by atoms with Crippen LogP contribution in [0.2, 0.25) is 0 Å². The van der Waals surface area contributed by atoms with E-state index in [9.17, 15) is 0 Å². The molecule has 3 rings (SSSR count). The molecule has 0 bridgehead atoms. The van der Waals surface area contributed by atoms with Crippen LogP contribution < -0.4 is 10.6 Å². The fraction of sp³-hybridized carbons (Fsp3) is 0.333. The van der Waals surface area contributed by atoms with Crippen LogP contribution in [0.3, 0.4) is 0 Å². The molecule has 2 aromatic rings. The SMILES string of the molecule is CC1Cc2ccccc2N1CC(CN)c1ccccc1. The van der Waals surface area contributed by atoms with E-state index in [1.54, 1.807) is 0 Å². The molecular formula is C18H22N2. The van der Waals surface area contributed by atoms with Crippen LogP contribution >= 0.6 is 0 Å². The maximum absolute atomic E-state index is 6.02. The molecule has 0 radical (unpaired) electrons. The molecule has 1 heterocycles. The van der Waals surface area contributed by atoms with Crippen LogP contribution in [0.25, 0.3) is 0 Å². The maximum Gasteiger partial charge on any atom is 0.0402 e. The van der Waals surface area contributed by atoms with Crippen molar-refractivity contribution in [2.45, 2.75) is 25.3 Å². The van der Waals surface area contributed by atoms with Crippen LogP contribution in [-0.2, 0) is 6.42 Å². The number of fused-ring (bicyclic) bond motifs is 1. The lowest BCUT2D eigenvalue weighted by molar-refractivity contribution is 0.601. The molecule has 1 aliphatic rings. The standard InChI is InChI=1S/C18H22N2/c1-14-11-16-9-5-6-10-18(16)20(14)13-17(12-19)15-7-3-2-4-8-15/h2-10,14,17H,11-13,19H2,1H3. The highest BCUT2D eigenvalue weighted by Gasteiger charge is 2.27. The van der Waals surface area contributed by atoms with Gasteiger partial charge in [-0.1, -0.05) is 48.5 Å². The highest BCUT2D eigenvalue weighted by molar-refractivity contribution is 5.59. The van der Waals surface area contributed by atoms with E-state index >= 15 is 0 Å². The van der Waals surface area contributed by atoms with Crippen molar-refractivity contribution < 1.29 is 0 Å². The van der Waals surface area contributed by atoms with Gasteiger partial charge in [0.2, 0.25) is 0 Å². The molecule has 0 fully saturated rings. The van der Waals surface area contributed by atoms with Crippen molar-refractivity contribution in [1.29, 1.82) is 0 Å². The van der Waals surface area contributed by atoms with Crippen LogP contribution in [0.15, 0.2) is 54.6 Å². The number of rotatable bonds is 4. The number of benzene rings is 2. The topological polar surface area (TPSA) is 29.3 Å². The van der Waals surface area contributed by atoms with Crippen molar-refractivity contribution in [3.05, 3.63) is 65.7 Å². The summed E-state index contributed by atoms with van der Waals surface area (Å²) in [7, 11) is 0. The van der Waals surface area contributed by atoms with E-state index < -0.39 is 0 Å². The van der Waals surface area contributed by atoms with Crippen LogP contribution in [0.1, 0.15) is 24.0 Å². The number of hydrogen-bond donors (Lipinski definition) is 1. The first-order valence-electron chi connectivity index (χ1n) is 7.39. The summed E-state index contributed by atoms with van der Waals surface area (Å²) in [6.07, 6.45) is 1.14. The summed E-state index contributed by atoms with van der Waals surface area (Å²) in [5.74, 6) is 0.393. The molecule has 0 amide bonds. The molecule has 0 saturated heterocycles. The maximum atomic E-state index is 6.02. The van der Waals surface area contributed by atoms with Gasteiger partial charge in [0.05, 0.1) is 0 Å². The Morgan fingerprint density at radius 1 is 1.10 bits per heavy atom. The second-order valence-corrected chi connectivity index (χ2v) is 5.68. The third-order valence-electron chi connectivity index (χ3n) is 4.32. The number of hydrogen-bond acceptors (Lipinski definition) is 2. The van der Waals surface area contributed by atoms with Crippen molar-refractivity contribution in [1.82, 2.24) is 0 Å². The Hall–Kier alpha value is -1.80. The summed E-state index contributed by atoms with van der Waals surface area (Å²) in [6, 6.07) is 19.9. The van der Waals surface area contributed by atoms with Gasteiger partial charge in [-0.15, -0.1) is 0 Å². The van der Waals surface area contributed by atoms with Crippen molar-refractivity contribution in [2.24, 2.45) is 5.73 Å². The van der Waals surface area contributed by atoms with Gasteiger partial charge < -0.3 is 10.6 Å².